The van der Waals surface area contributed by atoms with Gasteiger partial charge in [0.05, 0.1) is 0 Å². The lowest BCUT2D eigenvalue weighted by Gasteiger charge is -2.14. The van der Waals surface area contributed by atoms with E-state index in [-0.39, 0.29) is 18.4 Å². The standard InChI is InChI=1S/C12H17NO4/c1-2-7-17-11(16)13-12(10(14)15)8-5-3-4-6-9(8)12/h2,8-9H,1,3-7H2,(H,13,16)(H,14,15). The van der Waals surface area contributed by atoms with Crippen LogP contribution in [0.2, 0.25) is 0 Å². The number of hydrogen-bond donors (Lipinski definition) is 2. The normalized spacial score (nSPS) is 34.4. The first-order valence-corrected chi connectivity index (χ1v) is 5.92. The molecule has 2 unspecified atom stereocenters. The Labute approximate surface area is 99.8 Å². The molecule has 2 N–H and O–H groups in total. The summed E-state index contributed by atoms with van der Waals surface area (Å²) in [6.07, 6.45) is 4.62. The van der Waals surface area contributed by atoms with Crippen LogP contribution in [0.5, 0.6) is 0 Å². The molecule has 0 aromatic carbocycles. The van der Waals surface area contributed by atoms with Gasteiger partial charge in [-0.1, -0.05) is 25.5 Å². The van der Waals surface area contributed by atoms with Crippen molar-refractivity contribution in [1.29, 1.82) is 0 Å². The predicted octanol–water partition coefficient (Wildman–Crippen LogP) is 1.54. The predicted molar refractivity (Wildman–Crippen MR) is 60.5 cm³/mol. The van der Waals surface area contributed by atoms with Crippen LogP contribution in [0, 0.1) is 11.8 Å². The van der Waals surface area contributed by atoms with E-state index in [1.54, 1.807) is 0 Å². The van der Waals surface area contributed by atoms with E-state index < -0.39 is 17.6 Å². The summed E-state index contributed by atoms with van der Waals surface area (Å²) >= 11 is 0. The molecule has 17 heavy (non-hydrogen) atoms. The van der Waals surface area contributed by atoms with Crippen molar-refractivity contribution >= 4 is 12.1 Å². The monoisotopic (exact) mass is 239 g/mol. The van der Waals surface area contributed by atoms with Gasteiger partial charge < -0.3 is 15.2 Å². The summed E-state index contributed by atoms with van der Waals surface area (Å²) in [6, 6.07) is 0. The Kier molecular flexibility index (Phi) is 3.09. The van der Waals surface area contributed by atoms with Crippen LogP contribution in [0.1, 0.15) is 25.7 Å². The summed E-state index contributed by atoms with van der Waals surface area (Å²) in [4.78, 5) is 22.8. The average molecular weight is 239 g/mol. The van der Waals surface area contributed by atoms with E-state index in [1.807, 2.05) is 0 Å². The van der Waals surface area contributed by atoms with E-state index in [0.29, 0.717) is 0 Å². The quantitative estimate of drug-likeness (QED) is 0.730. The fraction of sp³-hybridized carbons (Fsp3) is 0.667. The van der Waals surface area contributed by atoms with Crippen LogP contribution in [0.25, 0.3) is 0 Å². The van der Waals surface area contributed by atoms with Crippen molar-refractivity contribution in [2.24, 2.45) is 11.8 Å². The lowest BCUT2D eigenvalue weighted by Crippen LogP contribution is -2.46. The van der Waals surface area contributed by atoms with Crippen molar-refractivity contribution < 1.29 is 19.4 Å². The number of carboxylic acid groups (broad SMARTS) is 1. The maximum absolute atomic E-state index is 11.5. The number of carbonyl (C=O) groups excluding carboxylic acids is 1. The number of hydrogen-bond acceptors (Lipinski definition) is 3. The van der Waals surface area contributed by atoms with Crippen molar-refractivity contribution in [1.82, 2.24) is 5.32 Å². The first kappa shape index (κ1) is 12.0. The van der Waals surface area contributed by atoms with Gasteiger partial charge in [0.25, 0.3) is 0 Å². The van der Waals surface area contributed by atoms with Crippen LogP contribution in [0.15, 0.2) is 12.7 Å². The Balaban J connectivity index is 2.02. The zero-order valence-corrected chi connectivity index (χ0v) is 9.65. The van der Waals surface area contributed by atoms with E-state index >= 15 is 0 Å². The topological polar surface area (TPSA) is 75.6 Å². The van der Waals surface area contributed by atoms with Crippen molar-refractivity contribution in [2.75, 3.05) is 6.61 Å². The van der Waals surface area contributed by atoms with Gasteiger partial charge in [0.2, 0.25) is 0 Å². The molecule has 94 valence electrons. The highest BCUT2D eigenvalue weighted by Gasteiger charge is 2.71. The maximum Gasteiger partial charge on any atom is 0.408 e. The maximum atomic E-state index is 11.5. The molecule has 2 aliphatic carbocycles. The molecule has 0 aromatic rings. The summed E-state index contributed by atoms with van der Waals surface area (Å²) in [7, 11) is 0. The number of ether oxygens (including phenoxy) is 1. The molecular weight excluding hydrogens is 222 g/mol. The summed E-state index contributed by atoms with van der Waals surface area (Å²) in [5, 5.41) is 11.9. The number of nitrogens with one attached hydrogen (secondary N) is 1. The minimum atomic E-state index is -1.07. The Hall–Kier alpha value is -1.52. The SMILES string of the molecule is C=CCOC(=O)NC1(C(=O)O)C2CCCCC21. The van der Waals surface area contributed by atoms with E-state index in [1.165, 1.54) is 6.08 Å². The van der Waals surface area contributed by atoms with E-state index in [0.717, 1.165) is 25.7 Å². The van der Waals surface area contributed by atoms with Crippen LogP contribution in [-0.4, -0.2) is 29.3 Å². The van der Waals surface area contributed by atoms with Crippen LogP contribution in [-0.2, 0) is 9.53 Å². The van der Waals surface area contributed by atoms with Gasteiger partial charge in [-0.15, -0.1) is 0 Å². The molecule has 0 radical (unpaired) electrons. The molecule has 2 atom stereocenters. The largest absolute Gasteiger partial charge is 0.479 e. The minimum absolute atomic E-state index is 0.0741. The first-order chi connectivity index (χ1) is 8.13. The Morgan fingerprint density at radius 1 is 1.41 bits per heavy atom. The smallest absolute Gasteiger partial charge is 0.408 e. The van der Waals surface area contributed by atoms with Crippen molar-refractivity contribution in [3.63, 3.8) is 0 Å². The van der Waals surface area contributed by atoms with Gasteiger partial charge in [-0.25, -0.2) is 9.59 Å². The van der Waals surface area contributed by atoms with Gasteiger partial charge in [-0.3, -0.25) is 0 Å². The third-order valence-electron chi connectivity index (χ3n) is 3.82. The molecule has 2 fully saturated rings. The molecular formula is C12H17NO4. The van der Waals surface area contributed by atoms with Gasteiger partial charge in [0.15, 0.2) is 0 Å². The number of carbonyl (C=O) groups is 2. The van der Waals surface area contributed by atoms with Crippen molar-refractivity contribution in [3.05, 3.63) is 12.7 Å². The lowest BCUT2D eigenvalue weighted by atomic mass is 10.0. The lowest BCUT2D eigenvalue weighted by molar-refractivity contribution is -0.141. The summed E-state index contributed by atoms with van der Waals surface area (Å²) in [5.74, 6) is -0.792. The van der Waals surface area contributed by atoms with E-state index in [2.05, 4.69) is 11.9 Å². The number of aliphatic carboxylic acids is 1. The fourth-order valence-corrected chi connectivity index (χ4v) is 3.02. The Bertz CT molecular complexity index is 340. The van der Waals surface area contributed by atoms with Crippen LogP contribution >= 0.6 is 0 Å². The Morgan fingerprint density at radius 2 is 2.00 bits per heavy atom. The molecule has 0 spiro atoms. The van der Waals surface area contributed by atoms with Gasteiger partial charge in [-0.2, -0.15) is 0 Å². The molecule has 0 bridgehead atoms. The highest BCUT2D eigenvalue weighted by molar-refractivity contribution is 5.89. The zero-order valence-electron chi connectivity index (χ0n) is 9.65. The fourth-order valence-electron chi connectivity index (χ4n) is 3.02. The highest BCUT2D eigenvalue weighted by atomic mass is 16.5. The molecule has 5 heteroatoms. The van der Waals surface area contributed by atoms with Crippen LogP contribution in [0.4, 0.5) is 4.79 Å². The minimum Gasteiger partial charge on any atom is -0.479 e. The van der Waals surface area contributed by atoms with Gasteiger partial charge in [0, 0.05) is 0 Å². The number of alkyl carbamates (subject to hydrolysis) is 1. The number of carboxylic acids is 1. The summed E-state index contributed by atoms with van der Waals surface area (Å²) < 4.78 is 4.79. The average Bonchev–Trinajstić information content (AvgIpc) is 2.96. The molecule has 5 nitrogen and oxygen atoms in total. The molecule has 2 aliphatic rings. The first-order valence-electron chi connectivity index (χ1n) is 5.92. The van der Waals surface area contributed by atoms with Gasteiger partial charge in [0.1, 0.15) is 12.1 Å². The van der Waals surface area contributed by atoms with Gasteiger partial charge >= 0.3 is 12.1 Å². The molecule has 0 aliphatic heterocycles. The molecule has 2 rings (SSSR count). The number of fused-ring (bicyclic) bond motifs is 1. The van der Waals surface area contributed by atoms with Crippen LogP contribution < -0.4 is 5.32 Å². The molecule has 0 heterocycles. The van der Waals surface area contributed by atoms with E-state index in [4.69, 9.17) is 4.74 Å². The molecule has 2 saturated carbocycles. The second-order valence-electron chi connectivity index (χ2n) is 4.68. The Morgan fingerprint density at radius 3 is 2.47 bits per heavy atom. The number of rotatable bonds is 4. The molecule has 0 saturated heterocycles. The third-order valence-corrected chi connectivity index (χ3v) is 3.82. The molecule has 1 amide bonds. The highest BCUT2D eigenvalue weighted by Crippen LogP contribution is 2.58. The van der Waals surface area contributed by atoms with E-state index in [9.17, 15) is 14.7 Å². The zero-order chi connectivity index (χ0) is 12.5. The second-order valence-corrected chi connectivity index (χ2v) is 4.68. The second kappa shape index (κ2) is 4.39. The van der Waals surface area contributed by atoms with Crippen LogP contribution in [0.3, 0.4) is 0 Å². The molecule has 0 aromatic heterocycles. The van der Waals surface area contributed by atoms with Crippen molar-refractivity contribution in [2.45, 2.75) is 31.2 Å². The number of amides is 1. The summed E-state index contributed by atoms with van der Waals surface area (Å²) in [5.41, 5.74) is -1.07. The summed E-state index contributed by atoms with van der Waals surface area (Å²) in [6.45, 7) is 3.52. The van der Waals surface area contributed by atoms with Gasteiger partial charge in [-0.05, 0) is 24.7 Å². The third kappa shape index (κ3) is 1.90. The van der Waals surface area contributed by atoms with Crippen molar-refractivity contribution in [3.8, 4) is 0 Å².